The van der Waals surface area contributed by atoms with Gasteiger partial charge >= 0.3 is 0 Å². The predicted molar refractivity (Wildman–Crippen MR) is 119 cm³/mol. The van der Waals surface area contributed by atoms with E-state index < -0.39 is 0 Å². The molecule has 0 saturated heterocycles. The molecule has 0 radical (unpaired) electrons. The van der Waals surface area contributed by atoms with Crippen molar-refractivity contribution in [1.82, 2.24) is 14.5 Å². The molecule has 6 heteroatoms. The molecule has 0 atom stereocenters. The standard InChI is InChI=1S/C24H28N4O2/c1-16-10-11-21(17(2)12-16)27-14-26(13-20-8-6-7-9-22(20)30-5)15-28-23(29)18(3)19(4)25-24(27)28/h6-12H,13-15H2,1-5H3. The zero-order valence-corrected chi connectivity index (χ0v) is 18.3. The molecule has 3 aromatic rings. The first-order valence-corrected chi connectivity index (χ1v) is 10.2. The highest BCUT2D eigenvalue weighted by atomic mass is 16.5. The highest BCUT2D eigenvalue weighted by Crippen LogP contribution is 2.32. The average Bonchev–Trinajstić information content (AvgIpc) is 2.73. The van der Waals surface area contributed by atoms with Gasteiger partial charge in [-0.2, -0.15) is 0 Å². The number of methoxy groups -OCH3 is 1. The zero-order chi connectivity index (χ0) is 21.4. The van der Waals surface area contributed by atoms with Crippen LogP contribution < -0.4 is 15.2 Å². The Morgan fingerprint density at radius 2 is 1.80 bits per heavy atom. The lowest BCUT2D eigenvalue weighted by Crippen LogP contribution is -2.47. The van der Waals surface area contributed by atoms with E-state index in [1.165, 1.54) is 5.56 Å². The first kappa shape index (κ1) is 20.2. The minimum absolute atomic E-state index is 0.0111. The molecule has 30 heavy (non-hydrogen) atoms. The van der Waals surface area contributed by atoms with Gasteiger partial charge in [0.1, 0.15) is 5.75 Å². The van der Waals surface area contributed by atoms with Crippen LogP contribution in [-0.4, -0.2) is 28.2 Å². The van der Waals surface area contributed by atoms with Gasteiger partial charge in [0.25, 0.3) is 5.56 Å². The molecule has 0 aliphatic carbocycles. The number of hydrogen-bond donors (Lipinski definition) is 0. The summed E-state index contributed by atoms with van der Waals surface area (Å²) in [6.07, 6.45) is 0. The van der Waals surface area contributed by atoms with Gasteiger partial charge < -0.3 is 4.74 Å². The lowest BCUT2D eigenvalue weighted by atomic mass is 10.1. The molecule has 2 heterocycles. The molecule has 0 saturated carbocycles. The molecular weight excluding hydrogens is 376 g/mol. The van der Waals surface area contributed by atoms with Crippen molar-refractivity contribution < 1.29 is 4.74 Å². The molecule has 1 aliphatic heterocycles. The summed E-state index contributed by atoms with van der Waals surface area (Å²) in [6, 6.07) is 14.4. The second kappa shape index (κ2) is 7.95. The molecule has 2 aromatic carbocycles. The van der Waals surface area contributed by atoms with Crippen LogP contribution in [0.25, 0.3) is 0 Å². The van der Waals surface area contributed by atoms with Crippen LogP contribution in [-0.2, 0) is 13.2 Å². The minimum Gasteiger partial charge on any atom is -0.496 e. The number of benzene rings is 2. The van der Waals surface area contributed by atoms with Crippen molar-refractivity contribution in [3.8, 4) is 5.75 Å². The SMILES string of the molecule is COc1ccccc1CN1CN(c2ccc(C)cc2C)c2nc(C)c(C)c(=O)n2C1. The topological polar surface area (TPSA) is 50.6 Å². The molecule has 4 rings (SSSR count). The Morgan fingerprint density at radius 1 is 1.03 bits per heavy atom. The zero-order valence-electron chi connectivity index (χ0n) is 18.3. The van der Waals surface area contributed by atoms with Crippen LogP contribution in [0, 0.1) is 27.7 Å². The number of fused-ring (bicyclic) bond motifs is 1. The molecule has 1 aromatic heterocycles. The van der Waals surface area contributed by atoms with Crippen LogP contribution in [0.2, 0.25) is 0 Å². The summed E-state index contributed by atoms with van der Waals surface area (Å²) in [5.74, 6) is 1.55. The number of nitrogens with zero attached hydrogens (tertiary/aromatic N) is 4. The molecule has 0 spiro atoms. The molecule has 0 amide bonds. The Bertz CT molecular complexity index is 1150. The van der Waals surface area contributed by atoms with Crippen molar-refractivity contribution >= 4 is 11.6 Å². The van der Waals surface area contributed by atoms with E-state index in [9.17, 15) is 4.79 Å². The van der Waals surface area contributed by atoms with Crippen molar-refractivity contribution in [1.29, 1.82) is 0 Å². The van der Waals surface area contributed by atoms with Crippen molar-refractivity contribution in [3.63, 3.8) is 0 Å². The van der Waals surface area contributed by atoms with Crippen molar-refractivity contribution in [2.24, 2.45) is 0 Å². The molecule has 0 fully saturated rings. The van der Waals surface area contributed by atoms with Crippen LogP contribution in [0.1, 0.15) is 27.9 Å². The third-order valence-electron chi connectivity index (χ3n) is 5.77. The Labute approximate surface area is 177 Å². The fourth-order valence-corrected chi connectivity index (χ4v) is 4.05. The Hall–Kier alpha value is -3.12. The maximum Gasteiger partial charge on any atom is 0.259 e. The summed E-state index contributed by atoms with van der Waals surface area (Å²) in [6.45, 7) is 9.73. The average molecular weight is 405 g/mol. The second-order valence-electron chi connectivity index (χ2n) is 8.00. The van der Waals surface area contributed by atoms with Gasteiger partial charge in [-0.25, -0.2) is 4.98 Å². The van der Waals surface area contributed by atoms with Gasteiger partial charge in [-0.05, 0) is 45.4 Å². The fourth-order valence-electron chi connectivity index (χ4n) is 4.05. The van der Waals surface area contributed by atoms with Gasteiger partial charge in [0.05, 0.1) is 20.4 Å². The monoisotopic (exact) mass is 404 g/mol. The van der Waals surface area contributed by atoms with Gasteiger partial charge in [0.2, 0.25) is 5.95 Å². The van der Waals surface area contributed by atoms with Crippen LogP contribution in [0.5, 0.6) is 5.75 Å². The van der Waals surface area contributed by atoms with E-state index >= 15 is 0 Å². The van der Waals surface area contributed by atoms with Gasteiger partial charge in [0.15, 0.2) is 0 Å². The smallest absolute Gasteiger partial charge is 0.259 e. The third-order valence-corrected chi connectivity index (χ3v) is 5.77. The molecule has 1 aliphatic rings. The van der Waals surface area contributed by atoms with E-state index in [2.05, 4.69) is 47.9 Å². The van der Waals surface area contributed by atoms with Crippen LogP contribution >= 0.6 is 0 Å². The highest BCUT2D eigenvalue weighted by Gasteiger charge is 2.28. The maximum atomic E-state index is 13.1. The summed E-state index contributed by atoms with van der Waals surface area (Å²) in [7, 11) is 1.69. The molecular formula is C24H28N4O2. The lowest BCUT2D eigenvalue weighted by molar-refractivity contribution is 0.187. The number of rotatable bonds is 4. The highest BCUT2D eigenvalue weighted by molar-refractivity contribution is 5.63. The van der Waals surface area contributed by atoms with Crippen LogP contribution in [0.3, 0.4) is 0 Å². The van der Waals surface area contributed by atoms with Crippen molar-refractivity contribution in [2.45, 2.75) is 40.9 Å². The summed E-state index contributed by atoms with van der Waals surface area (Å²) in [4.78, 5) is 22.3. The second-order valence-corrected chi connectivity index (χ2v) is 8.00. The summed E-state index contributed by atoms with van der Waals surface area (Å²) >= 11 is 0. The Kier molecular flexibility index (Phi) is 5.35. The van der Waals surface area contributed by atoms with E-state index in [4.69, 9.17) is 9.72 Å². The molecule has 0 bridgehead atoms. The molecule has 0 N–H and O–H groups in total. The van der Waals surface area contributed by atoms with E-state index in [0.717, 1.165) is 28.3 Å². The number of aromatic nitrogens is 2. The number of hydrogen-bond acceptors (Lipinski definition) is 5. The quantitative estimate of drug-likeness (QED) is 0.657. The molecule has 0 unspecified atom stereocenters. The van der Waals surface area contributed by atoms with Crippen molar-refractivity contribution in [2.75, 3.05) is 18.7 Å². The normalized spacial score (nSPS) is 14.0. The summed E-state index contributed by atoms with van der Waals surface area (Å²) in [5.41, 5.74) is 6.01. The molecule has 6 nitrogen and oxygen atoms in total. The van der Waals surface area contributed by atoms with Gasteiger partial charge in [-0.3, -0.25) is 19.2 Å². The molecule has 156 valence electrons. The van der Waals surface area contributed by atoms with Crippen LogP contribution in [0.4, 0.5) is 11.6 Å². The Balaban J connectivity index is 1.80. The lowest BCUT2D eigenvalue weighted by Gasteiger charge is -2.39. The number of para-hydroxylation sites is 1. The van der Waals surface area contributed by atoms with E-state index in [-0.39, 0.29) is 5.56 Å². The fraction of sp³-hybridized carbons (Fsp3) is 0.333. The minimum atomic E-state index is 0.0111. The third kappa shape index (κ3) is 3.59. The van der Waals surface area contributed by atoms with Gasteiger partial charge in [-0.1, -0.05) is 35.9 Å². The number of anilines is 2. The number of ether oxygens (including phenoxy) is 1. The van der Waals surface area contributed by atoms with Gasteiger partial charge in [-0.15, -0.1) is 0 Å². The van der Waals surface area contributed by atoms with Crippen molar-refractivity contribution in [3.05, 3.63) is 80.8 Å². The van der Waals surface area contributed by atoms with E-state index in [1.54, 1.807) is 11.7 Å². The van der Waals surface area contributed by atoms with E-state index in [1.807, 2.05) is 32.0 Å². The Morgan fingerprint density at radius 3 is 2.53 bits per heavy atom. The largest absolute Gasteiger partial charge is 0.496 e. The number of aryl methyl sites for hydroxylation is 3. The predicted octanol–water partition coefficient (Wildman–Crippen LogP) is 4.05. The maximum absolute atomic E-state index is 13.1. The summed E-state index contributed by atoms with van der Waals surface area (Å²) < 4.78 is 7.32. The van der Waals surface area contributed by atoms with Crippen LogP contribution in [0.15, 0.2) is 47.3 Å². The van der Waals surface area contributed by atoms with E-state index in [0.29, 0.717) is 31.4 Å². The first-order chi connectivity index (χ1) is 14.4. The van der Waals surface area contributed by atoms with Gasteiger partial charge in [0, 0.05) is 29.1 Å². The first-order valence-electron chi connectivity index (χ1n) is 10.2. The summed E-state index contributed by atoms with van der Waals surface area (Å²) in [5, 5.41) is 0.